The first kappa shape index (κ1) is 14.7. The fourth-order valence-electron chi connectivity index (χ4n) is 1.79. The lowest BCUT2D eigenvalue weighted by molar-refractivity contribution is 0.0951. The van der Waals surface area contributed by atoms with Crippen LogP contribution in [0, 0.1) is 6.92 Å². The maximum absolute atomic E-state index is 12.1. The summed E-state index contributed by atoms with van der Waals surface area (Å²) >= 11 is 0. The minimum Gasteiger partial charge on any atom is -0.493 e. The number of ether oxygens (including phenoxy) is 1. The van der Waals surface area contributed by atoms with Crippen LogP contribution in [0.5, 0.6) is 5.75 Å². The maximum atomic E-state index is 12.1. The van der Waals surface area contributed by atoms with Crippen molar-refractivity contribution in [1.82, 2.24) is 10.4 Å². The highest BCUT2D eigenvalue weighted by atomic mass is 16.5. The molecule has 21 heavy (non-hydrogen) atoms. The van der Waals surface area contributed by atoms with Crippen molar-refractivity contribution < 1.29 is 9.53 Å². The Morgan fingerprint density at radius 1 is 1.29 bits per heavy atom. The molecule has 2 rings (SSSR count). The second kappa shape index (κ2) is 7.19. The van der Waals surface area contributed by atoms with E-state index in [0.717, 1.165) is 5.69 Å². The van der Waals surface area contributed by atoms with Crippen LogP contribution in [0.3, 0.4) is 0 Å². The molecule has 1 aromatic heterocycles. The second-order valence-electron chi connectivity index (χ2n) is 4.33. The van der Waals surface area contributed by atoms with Crippen molar-refractivity contribution >= 4 is 12.1 Å². The number of rotatable bonds is 5. The molecule has 0 radical (unpaired) electrons. The summed E-state index contributed by atoms with van der Waals surface area (Å²) in [5.74, 6) is 0.226. The lowest BCUT2D eigenvalue weighted by atomic mass is 10.2. The van der Waals surface area contributed by atoms with Crippen LogP contribution in [0.2, 0.25) is 0 Å². The highest BCUT2D eigenvalue weighted by Gasteiger charge is 2.10. The molecule has 0 spiro atoms. The molecule has 5 heteroatoms. The van der Waals surface area contributed by atoms with Crippen molar-refractivity contribution in [3.63, 3.8) is 0 Å². The Kier molecular flexibility index (Phi) is 5.04. The molecule has 2 aromatic rings. The third-order valence-electron chi connectivity index (χ3n) is 2.70. The van der Waals surface area contributed by atoms with Gasteiger partial charge < -0.3 is 4.74 Å². The van der Waals surface area contributed by atoms with E-state index in [0.29, 0.717) is 23.6 Å². The summed E-state index contributed by atoms with van der Waals surface area (Å²) in [5, 5.41) is 3.92. The fraction of sp³-hybridized carbons (Fsp3) is 0.188. The van der Waals surface area contributed by atoms with Gasteiger partial charge in [-0.3, -0.25) is 9.78 Å². The SMILES string of the molecule is CCOc1ccccc1C(=O)N/N=C\c1cccc(C)n1. The smallest absolute Gasteiger partial charge is 0.275 e. The Hall–Kier alpha value is -2.69. The number of nitrogens with zero attached hydrogens (tertiary/aromatic N) is 2. The van der Waals surface area contributed by atoms with Crippen LogP contribution in [-0.2, 0) is 0 Å². The Morgan fingerprint density at radius 2 is 2.10 bits per heavy atom. The molecule has 0 aliphatic carbocycles. The van der Waals surface area contributed by atoms with Gasteiger partial charge in [-0.1, -0.05) is 18.2 Å². The Labute approximate surface area is 123 Å². The normalized spacial score (nSPS) is 10.6. The van der Waals surface area contributed by atoms with Crippen molar-refractivity contribution in [1.29, 1.82) is 0 Å². The zero-order chi connectivity index (χ0) is 15.1. The lowest BCUT2D eigenvalue weighted by Gasteiger charge is -2.08. The zero-order valence-corrected chi connectivity index (χ0v) is 12.0. The minimum atomic E-state index is -0.317. The number of benzene rings is 1. The van der Waals surface area contributed by atoms with Gasteiger partial charge in [0.15, 0.2) is 0 Å². The van der Waals surface area contributed by atoms with Crippen molar-refractivity contribution in [2.75, 3.05) is 6.61 Å². The molecule has 0 fully saturated rings. The molecule has 0 aliphatic rings. The Bertz CT molecular complexity index is 653. The molecule has 5 nitrogen and oxygen atoms in total. The molecule has 1 N–H and O–H groups in total. The zero-order valence-electron chi connectivity index (χ0n) is 12.0. The van der Waals surface area contributed by atoms with Gasteiger partial charge in [0.1, 0.15) is 5.75 Å². The lowest BCUT2D eigenvalue weighted by Crippen LogP contribution is -2.18. The number of hydrazone groups is 1. The maximum Gasteiger partial charge on any atom is 0.275 e. The quantitative estimate of drug-likeness (QED) is 0.677. The van der Waals surface area contributed by atoms with E-state index in [1.54, 1.807) is 18.2 Å². The molecular weight excluding hydrogens is 266 g/mol. The number of hydrogen-bond acceptors (Lipinski definition) is 4. The van der Waals surface area contributed by atoms with Gasteiger partial charge in [0.2, 0.25) is 0 Å². The molecule has 0 saturated heterocycles. The second-order valence-corrected chi connectivity index (χ2v) is 4.33. The van der Waals surface area contributed by atoms with Crippen LogP contribution in [0.4, 0.5) is 0 Å². The third-order valence-corrected chi connectivity index (χ3v) is 2.70. The van der Waals surface area contributed by atoms with Gasteiger partial charge in [-0.2, -0.15) is 5.10 Å². The van der Waals surface area contributed by atoms with E-state index in [-0.39, 0.29) is 5.91 Å². The molecular formula is C16H17N3O2. The number of nitrogens with one attached hydrogen (secondary N) is 1. The van der Waals surface area contributed by atoms with Gasteiger partial charge in [-0.15, -0.1) is 0 Å². The minimum absolute atomic E-state index is 0.317. The molecule has 0 bridgehead atoms. The number of carbonyl (C=O) groups is 1. The molecule has 1 amide bonds. The fourth-order valence-corrected chi connectivity index (χ4v) is 1.79. The first-order valence-electron chi connectivity index (χ1n) is 6.69. The number of para-hydroxylation sites is 1. The summed E-state index contributed by atoms with van der Waals surface area (Å²) in [7, 11) is 0. The summed E-state index contributed by atoms with van der Waals surface area (Å²) in [6.45, 7) is 4.27. The van der Waals surface area contributed by atoms with Crippen LogP contribution in [0.25, 0.3) is 0 Å². The Morgan fingerprint density at radius 3 is 2.86 bits per heavy atom. The third kappa shape index (κ3) is 4.14. The molecule has 1 aromatic carbocycles. The molecule has 1 heterocycles. The molecule has 108 valence electrons. The van der Waals surface area contributed by atoms with E-state index < -0.39 is 0 Å². The van der Waals surface area contributed by atoms with Gasteiger partial charge >= 0.3 is 0 Å². The van der Waals surface area contributed by atoms with Crippen LogP contribution in [-0.4, -0.2) is 23.7 Å². The van der Waals surface area contributed by atoms with Crippen LogP contribution in [0.15, 0.2) is 47.6 Å². The predicted molar refractivity (Wildman–Crippen MR) is 81.6 cm³/mol. The predicted octanol–water partition coefficient (Wildman–Crippen LogP) is 2.55. The van der Waals surface area contributed by atoms with E-state index in [1.165, 1.54) is 6.21 Å². The summed E-state index contributed by atoms with van der Waals surface area (Å²) < 4.78 is 5.41. The number of aromatic nitrogens is 1. The van der Waals surface area contributed by atoms with E-state index in [4.69, 9.17) is 4.74 Å². The van der Waals surface area contributed by atoms with E-state index in [9.17, 15) is 4.79 Å². The highest BCUT2D eigenvalue weighted by molar-refractivity contribution is 5.97. The largest absolute Gasteiger partial charge is 0.493 e. The first-order valence-corrected chi connectivity index (χ1v) is 6.69. The summed E-state index contributed by atoms with van der Waals surface area (Å²) in [4.78, 5) is 16.3. The number of aryl methyl sites for hydroxylation is 1. The van der Waals surface area contributed by atoms with Crippen LogP contribution in [0.1, 0.15) is 28.7 Å². The van der Waals surface area contributed by atoms with Gasteiger partial charge in [0.05, 0.1) is 24.1 Å². The average Bonchev–Trinajstić information content (AvgIpc) is 2.48. The number of hydrogen-bond donors (Lipinski definition) is 1. The topological polar surface area (TPSA) is 63.6 Å². The van der Waals surface area contributed by atoms with Crippen molar-refractivity contribution in [3.05, 3.63) is 59.4 Å². The Balaban J connectivity index is 2.05. The standard InChI is InChI=1S/C16H17N3O2/c1-3-21-15-10-5-4-9-14(15)16(20)19-17-11-13-8-6-7-12(2)18-13/h4-11H,3H2,1-2H3,(H,19,20)/b17-11-. The van der Waals surface area contributed by atoms with E-state index in [2.05, 4.69) is 15.5 Å². The number of amides is 1. The van der Waals surface area contributed by atoms with E-state index >= 15 is 0 Å². The number of carbonyl (C=O) groups excluding carboxylic acids is 1. The van der Waals surface area contributed by atoms with Gasteiger partial charge in [-0.25, -0.2) is 5.43 Å². The molecule has 0 saturated carbocycles. The summed E-state index contributed by atoms with van der Waals surface area (Å²) in [6, 6.07) is 12.6. The molecule has 0 atom stereocenters. The van der Waals surface area contributed by atoms with Crippen molar-refractivity contribution in [3.8, 4) is 5.75 Å². The van der Waals surface area contributed by atoms with Crippen LogP contribution >= 0.6 is 0 Å². The molecule has 0 unspecified atom stereocenters. The van der Waals surface area contributed by atoms with Crippen LogP contribution < -0.4 is 10.2 Å². The van der Waals surface area contributed by atoms with Gasteiger partial charge in [0.25, 0.3) is 5.91 Å². The van der Waals surface area contributed by atoms with Crippen molar-refractivity contribution in [2.24, 2.45) is 5.10 Å². The van der Waals surface area contributed by atoms with Gasteiger partial charge in [-0.05, 0) is 38.1 Å². The monoisotopic (exact) mass is 283 g/mol. The number of pyridine rings is 1. The summed E-state index contributed by atoms with van der Waals surface area (Å²) in [6.07, 6.45) is 1.51. The van der Waals surface area contributed by atoms with Gasteiger partial charge in [0, 0.05) is 5.69 Å². The van der Waals surface area contributed by atoms with E-state index in [1.807, 2.05) is 38.1 Å². The van der Waals surface area contributed by atoms with Crippen molar-refractivity contribution in [2.45, 2.75) is 13.8 Å². The first-order chi connectivity index (χ1) is 10.2. The molecule has 0 aliphatic heterocycles. The summed E-state index contributed by atoms with van der Waals surface area (Å²) in [5.41, 5.74) is 4.51. The average molecular weight is 283 g/mol. The highest BCUT2D eigenvalue weighted by Crippen LogP contribution is 2.17.